The summed E-state index contributed by atoms with van der Waals surface area (Å²) in [5.41, 5.74) is 10.5. The average Bonchev–Trinajstić information content (AvgIpc) is 2.62. The molecule has 0 aliphatic rings. The number of carbonyl (C=O) groups excluding carboxylic acids is 1. The van der Waals surface area contributed by atoms with E-state index in [2.05, 4.69) is 10.5 Å². The molecule has 26 heavy (non-hydrogen) atoms. The molecule has 2 rings (SSSR count). The number of anilines is 1. The highest BCUT2D eigenvalue weighted by molar-refractivity contribution is 6.45. The van der Waals surface area contributed by atoms with Crippen LogP contribution in [0.3, 0.4) is 0 Å². The lowest BCUT2D eigenvalue weighted by Gasteiger charge is -2.10. The van der Waals surface area contributed by atoms with Crippen molar-refractivity contribution < 1.29 is 9.53 Å². The van der Waals surface area contributed by atoms with Crippen LogP contribution in [0.25, 0.3) is 11.1 Å². The van der Waals surface area contributed by atoms with Gasteiger partial charge in [0.15, 0.2) is 5.84 Å². The van der Waals surface area contributed by atoms with Crippen molar-refractivity contribution in [3.8, 4) is 17.2 Å². The Labute approximate surface area is 151 Å². The minimum absolute atomic E-state index is 0.188. The largest absolute Gasteiger partial charge is 0.459 e. The van der Waals surface area contributed by atoms with Gasteiger partial charge >= 0.3 is 5.97 Å². The molecule has 0 aromatic heterocycles. The van der Waals surface area contributed by atoms with Gasteiger partial charge in [-0.2, -0.15) is 10.4 Å². The first kappa shape index (κ1) is 18.7. The van der Waals surface area contributed by atoms with Gasteiger partial charge in [-0.25, -0.2) is 4.79 Å². The summed E-state index contributed by atoms with van der Waals surface area (Å²) in [5.74, 6) is -0.784. The van der Waals surface area contributed by atoms with Gasteiger partial charge in [-0.3, -0.25) is 10.8 Å². The molecular weight excluding hydrogens is 330 g/mol. The van der Waals surface area contributed by atoms with Crippen molar-refractivity contribution in [2.24, 2.45) is 10.8 Å². The third-order valence-electron chi connectivity index (χ3n) is 3.29. The fraction of sp³-hybridized carbons (Fsp3) is 0.158. The Balaban J connectivity index is 2.26. The smallest absolute Gasteiger partial charge is 0.338 e. The fourth-order valence-corrected chi connectivity index (χ4v) is 2.14. The van der Waals surface area contributed by atoms with Crippen LogP contribution < -0.4 is 11.2 Å². The summed E-state index contributed by atoms with van der Waals surface area (Å²) in [4.78, 5) is 12.1. The van der Waals surface area contributed by atoms with Gasteiger partial charge in [-0.05, 0) is 49.2 Å². The van der Waals surface area contributed by atoms with E-state index in [1.54, 1.807) is 44.2 Å². The fourth-order valence-electron chi connectivity index (χ4n) is 2.14. The number of nitrogens with two attached hydrogens (primary N) is 1. The number of carbonyl (C=O) groups is 1. The molecular formula is C19H19N5O2. The Morgan fingerprint density at radius 3 is 2.50 bits per heavy atom. The molecule has 0 radical (unpaired) electrons. The van der Waals surface area contributed by atoms with Gasteiger partial charge < -0.3 is 10.5 Å². The summed E-state index contributed by atoms with van der Waals surface area (Å²) < 4.78 is 5.22. The number of benzene rings is 2. The molecule has 7 heteroatoms. The average molecular weight is 349 g/mol. The number of nitrogens with zero attached hydrogens (tertiary/aromatic N) is 2. The van der Waals surface area contributed by atoms with Crippen LogP contribution >= 0.6 is 0 Å². The SMILES string of the molecule is CC(C)OC(=O)c1cccc(-c2cccc(N/N=C(\C#N)C(=N)N)c2)c1. The van der Waals surface area contributed by atoms with Crippen molar-refractivity contribution in [2.45, 2.75) is 20.0 Å². The standard InChI is InChI=1S/C19H19N5O2/c1-12(2)26-19(25)15-7-3-5-13(9-15)14-6-4-8-16(10-14)23-24-17(11-20)18(21)22/h3-10,12,23H,1-2H3,(H3,21,22)/b24-17+. The maximum absolute atomic E-state index is 12.1. The highest BCUT2D eigenvalue weighted by atomic mass is 16.5. The third kappa shape index (κ3) is 4.92. The normalized spacial score (nSPS) is 10.9. The zero-order valence-electron chi connectivity index (χ0n) is 14.5. The zero-order chi connectivity index (χ0) is 19.1. The molecule has 4 N–H and O–H groups in total. The summed E-state index contributed by atoms with van der Waals surface area (Å²) in [7, 11) is 0. The van der Waals surface area contributed by atoms with Crippen molar-refractivity contribution in [3.63, 3.8) is 0 Å². The van der Waals surface area contributed by atoms with Crippen LogP contribution in [0.4, 0.5) is 5.69 Å². The first-order chi connectivity index (χ1) is 12.4. The van der Waals surface area contributed by atoms with E-state index in [-0.39, 0.29) is 17.8 Å². The Bertz CT molecular complexity index is 897. The van der Waals surface area contributed by atoms with Gasteiger partial charge in [0.2, 0.25) is 5.71 Å². The molecule has 0 spiro atoms. The topological polar surface area (TPSA) is 124 Å². The molecule has 0 fully saturated rings. The number of ether oxygens (including phenoxy) is 1. The summed E-state index contributed by atoms with van der Waals surface area (Å²) in [5, 5.41) is 19.9. The molecule has 2 aromatic carbocycles. The number of esters is 1. The first-order valence-corrected chi connectivity index (χ1v) is 7.90. The Kier molecular flexibility index (Phi) is 6.06. The molecule has 0 aliphatic heterocycles. The minimum Gasteiger partial charge on any atom is -0.459 e. The van der Waals surface area contributed by atoms with Gasteiger partial charge in [-0.15, -0.1) is 0 Å². The van der Waals surface area contributed by atoms with E-state index in [4.69, 9.17) is 21.1 Å². The van der Waals surface area contributed by atoms with E-state index in [1.807, 2.05) is 24.3 Å². The summed E-state index contributed by atoms with van der Waals surface area (Å²) in [6, 6.07) is 16.1. The lowest BCUT2D eigenvalue weighted by molar-refractivity contribution is 0.0378. The number of hydrogen-bond acceptors (Lipinski definition) is 6. The van der Waals surface area contributed by atoms with Gasteiger partial charge in [0.1, 0.15) is 6.07 Å². The zero-order valence-corrected chi connectivity index (χ0v) is 14.5. The molecule has 132 valence electrons. The van der Waals surface area contributed by atoms with E-state index >= 15 is 0 Å². The van der Waals surface area contributed by atoms with E-state index in [0.29, 0.717) is 11.3 Å². The molecule has 0 saturated heterocycles. The van der Waals surface area contributed by atoms with Crippen LogP contribution in [-0.2, 0) is 4.74 Å². The quantitative estimate of drug-likeness (QED) is 0.320. The number of hydrogen-bond donors (Lipinski definition) is 3. The maximum Gasteiger partial charge on any atom is 0.338 e. The van der Waals surface area contributed by atoms with Crippen molar-refractivity contribution in [3.05, 3.63) is 54.1 Å². The molecule has 2 aromatic rings. The molecule has 7 nitrogen and oxygen atoms in total. The molecule has 0 aliphatic carbocycles. The number of nitriles is 1. The molecule has 0 bridgehead atoms. The Morgan fingerprint density at radius 1 is 1.23 bits per heavy atom. The van der Waals surface area contributed by atoms with Gasteiger partial charge in [0.25, 0.3) is 0 Å². The van der Waals surface area contributed by atoms with E-state index in [0.717, 1.165) is 11.1 Å². The van der Waals surface area contributed by atoms with Gasteiger partial charge in [0.05, 0.1) is 17.4 Å². The number of hydrazone groups is 1. The van der Waals surface area contributed by atoms with E-state index in [9.17, 15) is 4.79 Å². The highest BCUT2D eigenvalue weighted by Crippen LogP contribution is 2.24. The van der Waals surface area contributed by atoms with Crippen molar-refractivity contribution in [2.75, 3.05) is 5.43 Å². The lowest BCUT2D eigenvalue weighted by atomic mass is 10.0. The first-order valence-electron chi connectivity index (χ1n) is 7.90. The van der Waals surface area contributed by atoms with Gasteiger partial charge in [-0.1, -0.05) is 24.3 Å². The molecule has 0 saturated carbocycles. The monoisotopic (exact) mass is 349 g/mol. The lowest BCUT2D eigenvalue weighted by Crippen LogP contribution is -2.21. The Morgan fingerprint density at radius 2 is 1.88 bits per heavy atom. The summed E-state index contributed by atoms with van der Waals surface area (Å²) in [6.45, 7) is 3.60. The second-order valence-corrected chi connectivity index (χ2v) is 5.71. The summed E-state index contributed by atoms with van der Waals surface area (Å²) in [6.07, 6.45) is -0.188. The molecule has 0 heterocycles. The van der Waals surface area contributed by atoms with Crippen LogP contribution in [0.2, 0.25) is 0 Å². The van der Waals surface area contributed by atoms with Crippen molar-refractivity contribution in [1.82, 2.24) is 0 Å². The maximum atomic E-state index is 12.1. The van der Waals surface area contributed by atoms with Crippen LogP contribution in [0, 0.1) is 16.7 Å². The number of rotatable bonds is 6. The summed E-state index contributed by atoms with van der Waals surface area (Å²) >= 11 is 0. The van der Waals surface area contributed by atoms with E-state index < -0.39 is 5.84 Å². The predicted molar refractivity (Wildman–Crippen MR) is 101 cm³/mol. The second-order valence-electron chi connectivity index (χ2n) is 5.71. The van der Waals surface area contributed by atoms with Crippen LogP contribution in [0.1, 0.15) is 24.2 Å². The molecule has 0 atom stereocenters. The minimum atomic E-state index is -0.410. The van der Waals surface area contributed by atoms with Crippen molar-refractivity contribution in [1.29, 1.82) is 10.7 Å². The second kappa shape index (κ2) is 8.44. The van der Waals surface area contributed by atoms with E-state index in [1.165, 1.54) is 0 Å². The number of nitrogens with one attached hydrogen (secondary N) is 2. The highest BCUT2D eigenvalue weighted by Gasteiger charge is 2.10. The predicted octanol–water partition coefficient (Wildman–Crippen LogP) is 3.15. The Hall–Kier alpha value is -3.66. The van der Waals surface area contributed by atoms with Crippen LogP contribution in [-0.4, -0.2) is 23.6 Å². The number of amidine groups is 1. The molecule has 0 unspecified atom stereocenters. The molecule has 0 amide bonds. The van der Waals surface area contributed by atoms with Crippen LogP contribution in [0.5, 0.6) is 0 Å². The van der Waals surface area contributed by atoms with Gasteiger partial charge in [0, 0.05) is 0 Å². The van der Waals surface area contributed by atoms with Crippen molar-refractivity contribution >= 4 is 23.2 Å². The third-order valence-corrected chi connectivity index (χ3v) is 3.29. The van der Waals surface area contributed by atoms with Crippen LogP contribution in [0.15, 0.2) is 53.6 Å².